The Morgan fingerprint density at radius 3 is 2.62 bits per heavy atom. The maximum absolute atomic E-state index is 12.1. The van der Waals surface area contributed by atoms with Crippen LogP contribution in [0.15, 0.2) is 24.3 Å². The summed E-state index contributed by atoms with van der Waals surface area (Å²) in [6, 6.07) is 7.13. The van der Waals surface area contributed by atoms with Crippen molar-refractivity contribution in [3.05, 3.63) is 29.8 Å². The van der Waals surface area contributed by atoms with E-state index in [0.717, 1.165) is 0 Å². The van der Waals surface area contributed by atoms with Crippen LogP contribution in [0.1, 0.15) is 37.6 Å². The summed E-state index contributed by atoms with van der Waals surface area (Å²) in [5, 5.41) is 11.7. The van der Waals surface area contributed by atoms with Gasteiger partial charge in [-0.25, -0.2) is 0 Å². The van der Waals surface area contributed by atoms with Crippen LogP contribution in [0, 0.1) is 0 Å². The fourth-order valence-corrected chi connectivity index (χ4v) is 1.99. The van der Waals surface area contributed by atoms with E-state index in [0.29, 0.717) is 24.2 Å². The van der Waals surface area contributed by atoms with E-state index < -0.39 is 0 Å². The largest absolute Gasteiger partial charge is 0.396 e. The molecule has 5 nitrogen and oxygen atoms in total. The van der Waals surface area contributed by atoms with Crippen molar-refractivity contribution in [2.24, 2.45) is 0 Å². The van der Waals surface area contributed by atoms with E-state index in [-0.39, 0.29) is 30.9 Å². The second-order valence-corrected chi connectivity index (χ2v) is 5.33. The van der Waals surface area contributed by atoms with Crippen molar-refractivity contribution in [1.82, 2.24) is 4.90 Å². The molecule has 1 aromatic rings. The van der Waals surface area contributed by atoms with E-state index in [1.807, 2.05) is 18.7 Å². The molecule has 0 saturated carbocycles. The molecule has 5 heteroatoms. The van der Waals surface area contributed by atoms with Gasteiger partial charge in [-0.15, -0.1) is 0 Å². The minimum Gasteiger partial charge on any atom is -0.396 e. The molecular formula is C16H24N2O3. The molecule has 0 aliphatic heterocycles. The summed E-state index contributed by atoms with van der Waals surface area (Å²) in [6.45, 7) is 6.58. The van der Waals surface area contributed by atoms with Crippen LogP contribution in [0.5, 0.6) is 0 Å². The third-order valence-electron chi connectivity index (χ3n) is 3.23. The van der Waals surface area contributed by atoms with Crippen LogP contribution in [0.3, 0.4) is 0 Å². The molecule has 116 valence electrons. The normalized spacial score (nSPS) is 11.0. The number of hydrogen-bond acceptors (Lipinski definition) is 4. The number of carbonyl (C=O) groups excluding carboxylic acids is 2. The zero-order chi connectivity index (χ0) is 15.8. The highest BCUT2D eigenvalue weighted by Crippen LogP contribution is 2.11. The van der Waals surface area contributed by atoms with Crippen molar-refractivity contribution in [2.75, 3.05) is 25.0 Å². The molecule has 0 spiro atoms. The second kappa shape index (κ2) is 8.54. The van der Waals surface area contributed by atoms with Crippen LogP contribution in [-0.2, 0) is 4.79 Å². The van der Waals surface area contributed by atoms with Gasteiger partial charge >= 0.3 is 0 Å². The SMILES string of the molecule is CC(=O)c1cccc(NC(=O)CN(CCCO)C(C)C)c1. The van der Waals surface area contributed by atoms with Crippen molar-refractivity contribution < 1.29 is 14.7 Å². The number of nitrogens with zero attached hydrogens (tertiary/aromatic N) is 1. The average molecular weight is 292 g/mol. The van der Waals surface area contributed by atoms with Crippen molar-refractivity contribution in [1.29, 1.82) is 0 Å². The van der Waals surface area contributed by atoms with Gasteiger partial charge in [-0.05, 0) is 39.3 Å². The van der Waals surface area contributed by atoms with E-state index in [4.69, 9.17) is 5.11 Å². The van der Waals surface area contributed by atoms with Crippen LogP contribution in [0.25, 0.3) is 0 Å². The first-order chi connectivity index (χ1) is 9.93. The number of aliphatic hydroxyl groups is 1. The van der Waals surface area contributed by atoms with Crippen LogP contribution >= 0.6 is 0 Å². The number of benzene rings is 1. The fourth-order valence-electron chi connectivity index (χ4n) is 1.99. The Labute approximate surface area is 126 Å². The first-order valence-corrected chi connectivity index (χ1v) is 7.19. The standard InChI is InChI=1S/C16H24N2O3/c1-12(2)18(8-5-9-19)11-16(21)17-15-7-4-6-14(10-15)13(3)20/h4,6-7,10,12,19H,5,8-9,11H2,1-3H3,(H,17,21). The van der Waals surface area contributed by atoms with Gasteiger partial charge in [0.15, 0.2) is 5.78 Å². The lowest BCUT2D eigenvalue weighted by Crippen LogP contribution is -2.39. The maximum Gasteiger partial charge on any atom is 0.238 e. The summed E-state index contributed by atoms with van der Waals surface area (Å²) >= 11 is 0. The average Bonchev–Trinajstić information content (AvgIpc) is 2.43. The van der Waals surface area contributed by atoms with Crippen LogP contribution in [-0.4, -0.2) is 47.4 Å². The number of ketones is 1. The smallest absolute Gasteiger partial charge is 0.238 e. The molecule has 1 rings (SSSR count). The van der Waals surface area contributed by atoms with E-state index in [1.54, 1.807) is 24.3 Å². The Bertz CT molecular complexity index is 486. The Hall–Kier alpha value is -1.72. The molecule has 0 bridgehead atoms. The fraction of sp³-hybridized carbons (Fsp3) is 0.500. The van der Waals surface area contributed by atoms with E-state index >= 15 is 0 Å². The van der Waals surface area contributed by atoms with Gasteiger partial charge < -0.3 is 10.4 Å². The summed E-state index contributed by atoms with van der Waals surface area (Å²) in [5.41, 5.74) is 1.20. The molecule has 0 heterocycles. The zero-order valence-electron chi connectivity index (χ0n) is 12.9. The molecule has 0 aromatic heterocycles. The van der Waals surface area contributed by atoms with Crippen LogP contribution < -0.4 is 5.32 Å². The molecule has 0 atom stereocenters. The first kappa shape index (κ1) is 17.3. The molecule has 0 fully saturated rings. The van der Waals surface area contributed by atoms with E-state index in [9.17, 15) is 9.59 Å². The summed E-state index contributed by atoms with van der Waals surface area (Å²) < 4.78 is 0. The molecule has 0 aliphatic carbocycles. The van der Waals surface area contributed by atoms with Crippen molar-refractivity contribution in [3.8, 4) is 0 Å². The Morgan fingerprint density at radius 1 is 1.33 bits per heavy atom. The number of aliphatic hydroxyl groups excluding tert-OH is 1. The Balaban J connectivity index is 2.63. The Morgan fingerprint density at radius 2 is 2.05 bits per heavy atom. The number of amides is 1. The van der Waals surface area contributed by atoms with Crippen LogP contribution in [0.2, 0.25) is 0 Å². The summed E-state index contributed by atoms with van der Waals surface area (Å²) in [5.74, 6) is -0.153. The van der Waals surface area contributed by atoms with Crippen LogP contribution in [0.4, 0.5) is 5.69 Å². The van der Waals surface area contributed by atoms with E-state index in [2.05, 4.69) is 5.32 Å². The lowest BCUT2D eigenvalue weighted by molar-refractivity contribution is -0.117. The second-order valence-electron chi connectivity index (χ2n) is 5.33. The number of anilines is 1. The summed E-state index contributed by atoms with van der Waals surface area (Å²) in [4.78, 5) is 25.4. The van der Waals surface area contributed by atoms with Crippen molar-refractivity contribution >= 4 is 17.4 Å². The molecular weight excluding hydrogens is 268 g/mol. The van der Waals surface area contributed by atoms with Gasteiger partial charge in [0.25, 0.3) is 0 Å². The Kier molecular flexibility index (Phi) is 7.05. The highest BCUT2D eigenvalue weighted by molar-refractivity contribution is 5.97. The van der Waals surface area contributed by atoms with Gasteiger partial charge in [-0.3, -0.25) is 14.5 Å². The predicted octanol–water partition coefficient (Wildman–Crippen LogP) is 1.92. The molecule has 0 saturated heterocycles. The van der Waals surface area contributed by atoms with Gasteiger partial charge in [0, 0.05) is 30.4 Å². The molecule has 0 aliphatic rings. The van der Waals surface area contributed by atoms with Gasteiger partial charge in [0.2, 0.25) is 5.91 Å². The first-order valence-electron chi connectivity index (χ1n) is 7.19. The number of hydrogen-bond donors (Lipinski definition) is 2. The minimum atomic E-state index is -0.123. The zero-order valence-corrected chi connectivity index (χ0v) is 12.9. The minimum absolute atomic E-state index is 0.0298. The van der Waals surface area contributed by atoms with Crippen molar-refractivity contribution in [3.63, 3.8) is 0 Å². The molecule has 21 heavy (non-hydrogen) atoms. The maximum atomic E-state index is 12.1. The van der Waals surface area contributed by atoms with Crippen molar-refractivity contribution in [2.45, 2.75) is 33.2 Å². The lowest BCUT2D eigenvalue weighted by atomic mass is 10.1. The lowest BCUT2D eigenvalue weighted by Gasteiger charge is -2.25. The predicted molar refractivity (Wildman–Crippen MR) is 83.5 cm³/mol. The molecule has 1 aromatic carbocycles. The van der Waals surface area contributed by atoms with Gasteiger partial charge in [-0.2, -0.15) is 0 Å². The van der Waals surface area contributed by atoms with Gasteiger partial charge in [0.05, 0.1) is 6.54 Å². The highest BCUT2D eigenvalue weighted by Gasteiger charge is 2.14. The molecule has 0 radical (unpaired) electrons. The highest BCUT2D eigenvalue weighted by atomic mass is 16.3. The van der Waals surface area contributed by atoms with E-state index in [1.165, 1.54) is 6.92 Å². The number of nitrogens with one attached hydrogen (secondary N) is 1. The monoisotopic (exact) mass is 292 g/mol. The summed E-state index contributed by atoms with van der Waals surface area (Å²) in [6.07, 6.45) is 0.644. The number of rotatable bonds is 8. The summed E-state index contributed by atoms with van der Waals surface area (Å²) in [7, 11) is 0. The topological polar surface area (TPSA) is 69.6 Å². The molecule has 0 unspecified atom stereocenters. The number of carbonyl (C=O) groups is 2. The van der Waals surface area contributed by atoms with Gasteiger partial charge in [-0.1, -0.05) is 12.1 Å². The molecule has 2 N–H and O–H groups in total. The third-order valence-corrected chi connectivity index (χ3v) is 3.23. The number of Topliss-reactive ketones (excluding diaryl/α,β-unsaturated/α-hetero) is 1. The molecule has 1 amide bonds. The third kappa shape index (κ3) is 6.06. The quantitative estimate of drug-likeness (QED) is 0.718. The van der Waals surface area contributed by atoms with Gasteiger partial charge in [0.1, 0.15) is 0 Å².